The van der Waals surface area contributed by atoms with E-state index >= 15 is 0 Å². The molecule has 5 nitrogen and oxygen atoms in total. The minimum atomic E-state index is -0.164. The molecule has 5 heteroatoms. The van der Waals surface area contributed by atoms with E-state index in [-0.39, 0.29) is 11.9 Å². The fourth-order valence-corrected chi connectivity index (χ4v) is 2.42. The molecule has 0 radical (unpaired) electrons. The van der Waals surface area contributed by atoms with E-state index in [0.29, 0.717) is 6.01 Å². The highest BCUT2D eigenvalue weighted by Gasteiger charge is 2.33. The van der Waals surface area contributed by atoms with Crippen molar-refractivity contribution in [2.24, 2.45) is 0 Å². The molecule has 2 heterocycles. The number of amides is 1. The van der Waals surface area contributed by atoms with Crippen LogP contribution in [0.1, 0.15) is 12.8 Å². The fourth-order valence-electron chi connectivity index (χ4n) is 2.42. The number of hydrogen-bond acceptors (Lipinski definition) is 4. The lowest BCUT2D eigenvalue weighted by atomic mass is 10.2. The van der Waals surface area contributed by atoms with E-state index in [1.54, 1.807) is 7.05 Å². The Bertz CT molecular complexity index is 545. The zero-order valence-corrected chi connectivity index (χ0v) is 10.2. The molecule has 94 valence electrons. The van der Waals surface area contributed by atoms with Gasteiger partial charge in [0.05, 0.1) is 0 Å². The van der Waals surface area contributed by atoms with Gasteiger partial charge in [-0.25, -0.2) is 0 Å². The minimum absolute atomic E-state index is 0.0229. The molecule has 0 spiro atoms. The van der Waals surface area contributed by atoms with Gasteiger partial charge in [0.1, 0.15) is 11.6 Å². The van der Waals surface area contributed by atoms with Gasteiger partial charge in [-0.1, -0.05) is 12.1 Å². The second kappa shape index (κ2) is 4.33. The Balaban J connectivity index is 1.95. The zero-order valence-electron chi connectivity index (χ0n) is 10.2. The number of fused-ring (bicyclic) bond motifs is 1. The summed E-state index contributed by atoms with van der Waals surface area (Å²) in [5.74, 6) is 0.0229. The molecule has 1 saturated heterocycles. The van der Waals surface area contributed by atoms with Crippen LogP contribution >= 0.6 is 0 Å². The first kappa shape index (κ1) is 11.1. The van der Waals surface area contributed by atoms with Crippen LogP contribution in [0.15, 0.2) is 28.7 Å². The largest absolute Gasteiger partial charge is 0.423 e. The highest BCUT2D eigenvalue weighted by Crippen LogP contribution is 2.28. The summed E-state index contributed by atoms with van der Waals surface area (Å²) in [4.78, 5) is 18.2. The van der Waals surface area contributed by atoms with Gasteiger partial charge in [-0.3, -0.25) is 4.79 Å². The summed E-state index contributed by atoms with van der Waals surface area (Å²) in [7, 11) is 1.66. The Morgan fingerprint density at radius 3 is 3.11 bits per heavy atom. The summed E-state index contributed by atoms with van der Waals surface area (Å²) in [6.07, 6.45) is 1.83. The topological polar surface area (TPSA) is 58.4 Å². The summed E-state index contributed by atoms with van der Waals surface area (Å²) >= 11 is 0. The molecule has 1 aliphatic rings. The summed E-state index contributed by atoms with van der Waals surface area (Å²) in [6.45, 7) is 0.810. The van der Waals surface area contributed by atoms with E-state index in [0.717, 1.165) is 30.5 Å². The maximum atomic E-state index is 11.8. The van der Waals surface area contributed by atoms with E-state index in [2.05, 4.69) is 10.3 Å². The van der Waals surface area contributed by atoms with Gasteiger partial charge < -0.3 is 14.6 Å². The standard InChI is InChI=1S/C13H15N3O2/c1-14-12(17)10-6-4-8-16(10)13-15-9-5-2-3-7-11(9)18-13/h2-3,5,7,10H,4,6,8H2,1H3,(H,14,17)/t10-/m1/s1. The lowest BCUT2D eigenvalue weighted by Crippen LogP contribution is -2.42. The number of nitrogens with one attached hydrogen (secondary N) is 1. The number of oxazole rings is 1. The lowest BCUT2D eigenvalue weighted by Gasteiger charge is -2.20. The van der Waals surface area contributed by atoms with Gasteiger partial charge in [-0.2, -0.15) is 4.98 Å². The van der Waals surface area contributed by atoms with Crippen molar-refractivity contribution in [3.8, 4) is 0 Å². The fraction of sp³-hybridized carbons (Fsp3) is 0.385. The molecule has 1 fully saturated rings. The number of benzene rings is 1. The van der Waals surface area contributed by atoms with Crippen molar-refractivity contribution in [2.75, 3.05) is 18.5 Å². The monoisotopic (exact) mass is 245 g/mol. The van der Waals surface area contributed by atoms with Crippen molar-refractivity contribution in [1.82, 2.24) is 10.3 Å². The summed E-state index contributed by atoms with van der Waals surface area (Å²) in [6, 6.07) is 8.02. The number of carbonyl (C=O) groups excluding carboxylic acids is 1. The molecule has 1 N–H and O–H groups in total. The molecule has 1 aromatic carbocycles. The van der Waals surface area contributed by atoms with E-state index in [1.165, 1.54) is 0 Å². The van der Waals surface area contributed by atoms with Crippen LogP contribution in [-0.2, 0) is 4.79 Å². The van der Waals surface area contributed by atoms with Gasteiger partial charge in [0.25, 0.3) is 6.01 Å². The Morgan fingerprint density at radius 2 is 2.33 bits per heavy atom. The second-order valence-electron chi connectivity index (χ2n) is 4.43. The molecule has 0 bridgehead atoms. The number of para-hydroxylation sites is 2. The van der Waals surface area contributed by atoms with Gasteiger partial charge in [-0.05, 0) is 25.0 Å². The van der Waals surface area contributed by atoms with Gasteiger partial charge in [0, 0.05) is 13.6 Å². The van der Waals surface area contributed by atoms with Crippen LogP contribution < -0.4 is 10.2 Å². The van der Waals surface area contributed by atoms with Crippen molar-refractivity contribution in [1.29, 1.82) is 0 Å². The van der Waals surface area contributed by atoms with Crippen molar-refractivity contribution >= 4 is 23.0 Å². The van der Waals surface area contributed by atoms with Crippen molar-refractivity contribution in [3.05, 3.63) is 24.3 Å². The molecule has 0 aliphatic carbocycles. The second-order valence-corrected chi connectivity index (χ2v) is 4.43. The molecule has 1 atom stereocenters. The maximum Gasteiger partial charge on any atom is 0.299 e. The van der Waals surface area contributed by atoms with Crippen LogP contribution in [0.3, 0.4) is 0 Å². The minimum Gasteiger partial charge on any atom is -0.423 e. The maximum absolute atomic E-state index is 11.8. The Hall–Kier alpha value is -2.04. The van der Waals surface area contributed by atoms with Crippen molar-refractivity contribution in [3.63, 3.8) is 0 Å². The first-order valence-electron chi connectivity index (χ1n) is 6.13. The van der Waals surface area contributed by atoms with Crippen LogP contribution in [0.4, 0.5) is 6.01 Å². The molecule has 1 amide bonds. The van der Waals surface area contributed by atoms with Crippen molar-refractivity contribution in [2.45, 2.75) is 18.9 Å². The predicted molar refractivity (Wildman–Crippen MR) is 68.4 cm³/mol. The average molecular weight is 245 g/mol. The smallest absolute Gasteiger partial charge is 0.299 e. The highest BCUT2D eigenvalue weighted by molar-refractivity contribution is 5.85. The van der Waals surface area contributed by atoms with Gasteiger partial charge in [0.15, 0.2) is 5.58 Å². The van der Waals surface area contributed by atoms with Gasteiger partial charge in [-0.15, -0.1) is 0 Å². The first-order chi connectivity index (χ1) is 8.79. The summed E-state index contributed by atoms with van der Waals surface area (Å²) in [5, 5.41) is 2.69. The van der Waals surface area contributed by atoms with Gasteiger partial charge in [0.2, 0.25) is 5.91 Å². The molecule has 3 rings (SSSR count). The van der Waals surface area contributed by atoms with Crippen LogP contribution in [0.25, 0.3) is 11.1 Å². The number of carbonyl (C=O) groups is 1. The van der Waals surface area contributed by atoms with Crippen LogP contribution in [-0.4, -0.2) is 30.5 Å². The summed E-state index contributed by atoms with van der Waals surface area (Å²) in [5.41, 5.74) is 1.59. The molecular weight excluding hydrogens is 230 g/mol. The van der Waals surface area contributed by atoms with Crippen LogP contribution in [0, 0.1) is 0 Å². The number of anilines is 1. The van der Waals surface area contributed by atoms with E-state index in [9.17, 15) is 4.79 Å². The Labute approximate surface area is 105 Å². The van der Waals surface area contributed by atoms with E-state index in [4.69, 9.17) is 4.42 Å². The molecule has 1 aliphatic heterocycles. The molecule has 0 unspecified atom stereocenters. The first-order valence-corrected chi connectivity index (χ1v) is 6.13. The quantitative estimate of drug-likeness (QED) is 0.872. The number of aromatic nitrogens is 1. The third-order valence-electron chi connectivity index (χ3n) is 3.33. The average Bonchev–Trinajstić information content (AvgIpc) is 3.03. The van der Waals surface area contributed by atoms with Crippen LogP contribution in [0.2, 0.25) is 0 Å². The molecule has 2 aromatic rings. The number of likely N-dealkylation sites (N-methyl/N-ethyl adjacent to an activating group) is 1. The predicted octanol–water partition coefficient (Wildman–Crippen LogP) is 1.54. The normalized spacial score (nSPS) is 19.4. The van der Waals surface area contributed by atoms with Crippen molar-refractivity contribution < 1.29 is 9.21 Å². The number of nitrogens with zero attached hydrogens (tertiary/aromatic N) is 2. The number of rotatable bonds is 2. The SMILES string of the molecule is CNC(=O)[C@H]1CCCN1c1nc2ccccc2o1. The lowest BCUT2D eigenvalue weighted by molar-refractivity contribution is -0.121. The third kappa shape index (κ3) is 1.72. The number of hydrogen-bond donors (Lipinski definition) is 1. The molecule has 1 aromatic heterocycles. The summed E-state index contributed by atoms with van der Waals surface area (Å²) < 4.78 is 5.71. The molecular formula is C13H15N3O2. The Kier molecular flexibility index (Phi) is 2.66. The van der Waals surface area contributed by atoms with Gasteiger partial charge >= 0.3 is 0 Å². The van der Waals surface area contributed by atoms with Crippen LogP contribution in [0.5, 0.6) is 0 Å². The van der Waals surface area contributed by atoms with E-state index in [1.807, 2.05) is 29.2 Å². The van der Waals surface area contributed by atoms with E-state index < -0.39 is 0 Å². The Morgan fingerprint density at radius 1 is 1.50 bits per heavy atom. The zero-order chi connectivity index (χ0) is 12.5. The highest BCUT2D eigenvalue weighted by atomic mass is 16.4. The molecule has 18 heavy (non-hydrogen) atoms. The molecule has 0 saturated carbocycles. The third-order valence-corrected chi connectivity index (χ3v) is 3.33.